The van der Waals surface area contributed by atoms with Gasteiger partial charge in [-0.25, -0.2) is 15.2 Å². The number of nitrogens with one attached hydrogen (secondary N) is 1. The molecule has 1 unspecified atom stereocenters. The SMILES string of the molecule is O=C1N=CC2=C[NH+]([O-])N(O)C2=N1. The number of rotatable bonds is 0. The molecule has 0 aliphatic carbocycles. The van der Waals surface area contributed by atoms with Crippen molar-refractivity contribution in [2.75, 3.05) is 0 Å². The summed E-state index contributed by atoms with van der Waals surface area (Å²) in [5.41, 5.74) is 0.349. The molecule has 2 aliphatic heterocycles. The fourth-order valence-electron chi connectivity index (χ4n) is 0.937. The normalized spacial score (nSPS) is 27.0. The smallest absolute Gasteiger partial charge is 0.369 e. The lowest BCUT2D eigenvalue weighted by atomic mass is 10.3. The van der Waals surface area contributed by atoms with E-state index in [1.807, 2.05) is 0 Å². The van der Waals surface area contributed by atoms with Gasteiger partial charge in [-0.3, -0.25) is 0 Å². The Labute approximate surface area is 66.4 Å². The Hall–Kier alpha value is -1.57. The van der Waals surface area contributed by atoms with Crippen LogP contribution in [0.3, 0.4) is 0 Å². The maximum absolute atomic E-state index is 10.8. The van der Waals surface area contributed by atoms with Crippen molar-refractivity contribution >= 4 is 18.1 Å². The molecule has 2 heterocycles. The number of hydrogen-bond donors (Lipinski definition) is 2. The van der Waals surface area contributed by atoms with Gasteiger partial charge >= 0.3 is 6.03 Å². The number of amidine groups is 1. The van der Waals surface area contributed by atoms with Gasteiger partial charge in [0.2, 0.25) is 5.84 Å². The molecule has 0 radical (unpaired) electrons. The van der Waals surface area contributed by atoms with Crippen LogP contribution in [0.4, 0.5) is 4.79 Å². The van der Waals surface area contributed by atoms with Crippen molar-refractivity contribution in [3.8, 4) is 0 Å². The molecule has 0 spiro atoms. The van der Waals surface area contributed by atoms with E-state index in [4.69, 9.17) is 5.21 Å². The maximum Gasteiger partial charge on any atom is 0.369 e. The number of carbonyl (C=O) groups excluding carboxylic acids is 1. The molecular formula is C5H4N4O3. The zero-order valence-electron chi connectivity index (χ0n) is 5.76. The monoisotopic (exact) mass is 168 g/mol. The van der Waals surface area contributed by atoms with Crippen LogP contribution in [-0.2, 0) is 0 Å². The first-order valence-corrected chi connectivity index (χ1v) is 3.10. The number of hydrogen-bond acceptors (Lipinski definition) is 4. The summed E-state index contributed by atoms with van der Waals surface area (Å²) in [7, 11) is 0. The lowest BCUT2D eigenvalue weighted by Gasteiger charge is -2.19. The second-order valence-corrected chi connectivity index (χ2v) is 2.23. The number of nitrogens with zero attached hydrogens (tertiary/aromatic N) is 3. The molecule has 2 aliphatic rings. The average molecular weight is 168 g/mol. The van der Waals surface area contributed by atoms with Crippen LogP contribution < -0.4 is 5.17 Å². The summed E-state index contributed by atoms with van der Waals surface area (Å²) in [5.74, 6) is -0.0556. The Bertz CT molecular complexity index is 332. The van der Waals surface area contributed by atoms with Crippen molar-refractivity contribution in [3.05, 3.63) is 17.0 Å². The van der Waals surface area contributed by atoms with E-state index in [9.17, 15) is 10.0 Å². The molecule has 7 heteroatoms. The van der Waals surface area contributed by atoms with Crippen molar-refractivity contribution < 1.29 is 15.2 Å². The quantitative estimate of drug-likeness (QED) is 0.429. The number of quaternary nitrogens is 1. The van der Waals surface area contributed by atoms with Gasteiger partial charge in [-0.2, -0.15) is 9.98 Å². The second kappa shape index (κ2) is 2.21. The molecule has 0 saturated carbocycles. The van der Waals surface area contributed by atoms with Crippen molar-refractivity contribution in [3.63, 3.8) is 0 Å². The van der Waals surface area contributed by atoms with Gasteiger partial charge in [-0.1, -0.05) is 5.17 Å². The molecule has 0 fully saturated rings. The number of amides is 2. The molecule has 7 nitrogen and oxygen atoms in total. The maximum atomic E-state index is 10.8. The van der Waals surface area contributed by atoms with E-state index in [0.717, 1.165) is 6.20 Å². The van der Waals surface area contributed by atoms with E-state index in [1.54, 1.807) is 0 Å². The van der Waals surface area contributed by atoms with E-state index in [0.29, 0.717) is 10.7 Å². The topological polar surface area (TPSA) is 92.8 Å². The first-order valence-electron chi connectivity index (χ1n) is 3.10. The fourth-order valence-corrected chi connectivity index (χ4v) is 0.937. The summed E-state index contributed by atoms with van der Waals surface area (Å²) in [6, 6.07) is -0.726. The Morgan fingerprint density at radius 3 is 3.17 bits per heavy atom. The lowest BCUT2D eigenvalue weighted by molar-refractivity contribution is -0.945. The summed E-state index contributed by atoms with van der Waals surface area (Å²) >= 11 is 0. The van der Waals surface area contributed by atoms with E-state index in [1.165, 1.54) is 6.21 Å². The average Bonchev–Trinajstić information content (AvgIpc) is 2.31. The van der Waals surface area contributed by atoms with Crippen LogP contribution in [0.1, 0.15) is 0 Å². The summed E-state index contributed by atoms with van der Waals surface area (Å²) in [5, 5.41) is 19.5. The molecule has 2 rings (SSSR count). The molecule has 1 atom stereocenters. The summed E-state index contributed by atoms with van der Waals surface area (Å²) in [6.45, 7) is 0. The zero-order valence-corrected chi connectivity index (χ0v) is 5.76. The molecule has 0 aromatic carbocycles. The Morgan fingerprint density at radius 2 is 2.42 bits per heavy atom. The van der Waals surface area contributed by atoms with Crippen LogP contribution in [0, 0.1) is 5.21 Å². The first-order chi connectivity index (χ1) is 5.68. The standard InChI is InChI=1S/C5H4N4O3/c10-5-6-1-3-2-8(11)9(12)4(3)7-5/h1-2,8,12H. The highest BCUT2D eigenvalue weighted by atomic mass is 16.7. The highest BCUT2D eigenvalue weighted by molar-refractivity contribution is 6.21. The van der Waals surface area contributed by atoms with Gasteiger partial charge in [0.15, 0.2) is 0 Å². The van der Waals surface area contributed by atoms with Crippen LogP contribution in [0.5, 0.6) is 0 Å². The van der Waals surface area contributed by atoms with Crippen LogP contribution in [0.15, 0.2) is 21.8 Å². The van der Waals surface area contributed by atoms with Gasteiger partial charge in [0.25, 0.3) is 0 Å². The highest BCUT2D eigenvalue weighted by Crippen LogP contribution is 2.06. The van der Waals surface area contributed by atoms with Crippen molar-refractivity contribution in [2.45, 2.75) is 0 Å². The Morgan fingerprint density at radius 1 is 1.67 bits per heavy atom. The van der Waals surface area contributed by atoms with Gasteiger partial charge in [0.05, 0.1) is 5.57 Å². The van der Waals surface area contributed by atoms with Crippen LogP contribution in [0.2, 0.25) is 0 Å². The van der Waals surface area contributed by atoms with Gasteiger partial charge in [-0.05, 0) is 0 Å². The molecule has 0 aromatic rings. The van der Waals surface area contributed by atoms with Crippen molar-refractivity contribution in [1.82, 2.24) is 5.17 Å². The van der Waals surface area contributed by atoms with Gasteiger partial charge in [-0.15, -0.1) is 0 Å². The summed E-state index contributed by atoms with van der Waals surface area (Å²) in [4.78, 5) is 17.3. The lowest BCUT2D eigenvalue weighted by Crippen LogP contribution is -3.08. The number of urea groups is 1. The molecular weight excluding hydrogens is 164 g/mol. The van der Waals surface area contributed by atoms with Crippen molar-refractivity contribution in [1.29, 1.82) is 0 Å². The molecule has 62 valence electrons. The Kier molecular flexibility index (Phi) is 1.30. The van der Waals surface area contributed by atoms with E-state index < -0.39 is 11.2 Å². The molecule has 2 N–H and O–H groups in total. The fraction of sp³-hybridized carbons (Fsp3) is 0. The van der Waals surface area contributed by atoms with E-state index >= 15 is 0 Å². The van der Waals surface area contributed by atoms with E-state index in [-0.39, 0.29) is 5.84 Å². The minimum atomic E-state index is -0.726. The summed E-state index contributed by atoms with van der Waals surface area (Å²) in [6.07, 6.45) is 2.34. The van der Waals surface area contributed by atoms with Crippen molar-refractivity contribution in [2.24, 2.45) is 9.98 Å². The number of hydroxylamine groups is 2. The van der Waals surface area contributed by atoms with E-state index in [2.05, 4.69) is 9.98 Å². The predicted octanol–water partition coefficient (Wildman–Crippen LogP) is -1.52. The third-order valence-electron chi connectivity index (χ3n) is 1.46. The number of carbonyl (C=O) groups is 1. The number of aliphatic imine (C=N–C) groups is 2. The highest BCUT2D eigenvalue weighted by Gasteiger charge is 2.30. The molecule has 12 heavy (non-hydrogen) atoms. The molecule has 0 bridgehead atoms. The summed E-state index contributed by atoms with van der Waals surface area (Å²) < 4.78 is 0. The molecule has 2 amide bonds. The van der Waals surface area contributed by atoms with Gasteiger partial charge in [0.1, 0.15) is 6.20 Å². The third-order valence-corrected chi connectivity index (χ3v) is 1.46. The first kappa shape index (κ1) is 7.10. The molecule has 0 saturated heterocycles. The second-order valence-electron chi connectivity index (χ2n) is 2.23. The van der Waals surface area contributed by atoms with Crippen LogP contribution in [0.25, 0.3) is 0 Å². The third kappa shape index (κ3) is 0.848. The van der Waals surface area contributed by atoms with Gasteiger partial charge < -0.3 is 5.21 Å². The predicted molar refractivity (Wildman–Crippen MR) is 37.4 cm³/mol. The largest absolute Gasteiger partial charge is 0.601 e. The van der Waals surface area contributed by atoms with Crippen LogP contribution in [-0.4, -0.2) is 28.5 Å². The minimum absolute atomic E-state index is 0.0556. The number of fused-ring (bicyclic) bond motifs is 1. The molecule has 0 aromatic heterocycles. The minimum Gasteiger partial charge on any atom is -0.601 e. The Balaban J connectivity index is 2.43. The van der Waals surface area contributed by atoms with Gasteiger partial charge in [0, 0.05) is 6.21 Å². The van der Waals surface area contributed by atoms with Crippen LogP contribution >= 0.6 is 0 Å². The zero-order chi connectivity index (χ0) is 8.72.